The van der Waals surface area contributed by atoms with Crippen LogP contribution < -0.4 is 16.2 Å². The lowest BCUT2D eigenvalue weighted by Crippen LogP contribution is -2.20. The van der Waals surface area contributed by atoms with Crippen molar-refractivity contribution in [3.05, 3.63) is 40.9 Å². The van der Waals surface area contributed by atoms with Crippen LogP contribution in [0.3, 0.4) is 0 Å². The predicted molar refractivity (Wildman–Crippen MR) is 112 cm³/mol. The second-order valence-corrected chi connectivity index (χ2v) is 6.84. The third-order valence-corrected chi connectivity index (χ3v) is 5.05. The normalized spacial score (nSPS) is 11.0. The summed E-state index contributed by atoms with van der Waals surface area (Å²) in [6.07, 6.45) is 3.57. The summed E-state index contributed by atoms with van der Waals surface area (Å²) in [5.41, 5.74) is 3.29. The van der Waals surface area contributed by atoms with Crippen molar-refractivity contribution >= 4 is 34.2 Å². The second kappa shape index (κ2) is 8.41. The summed E-state index contributed by atoms with van der Waals surface area (Å²) in [7, 11) is 5.22. The van der Waals surface area contributed by atoms with Crippen molar-refractivity contribution in [3.63, 3.8) is 0 Å². The summed E-state index contributed by atoms with van der Waals surface area (Å²) in [4.78, 5) is 22.9. The molecule has 3 rings (SSSR count). The smallest absolute Gasteiger partial charge is 0.264 e. The fraction of sp³-hybridized carbons (Fsp3) is 0.316. The largest absolute Gasteiger partial charge is 0.387 e. The van der Waals surface area contributed by atoms with Gasteiger partial charge in [-0.15, -0.1) is 11.8 Å². The van der Waals surface area contributed by atoms with Gasteiger partial charge in [-0.2, -0.15) is 0 Å². The van der Waals surface area contributed by atoms with Gasteiger partial charge in [0.05, 0.1) is 24.1 Å². The second-order valence-electron chi connectivity index (χ2n) is 6.00. The van der Waals surface area contributed by atoms with Crippen molar-refractivity contribution in [1.82, 2.24) is 14.5 Å². The highest BCUT2D eigenvalue weighted by atomic mass is 32.2. The van der Waals surface area contributed by atoms with Gasteiger partial charge in [0.2, 0.25) is 0 Å². The number of aromatic nitrogens is 3. The van der Waals surface area contributed by atoms with Gasteiger partial charge in [-0.25, -0.2) is 9.97 Å². The summed E-state index contributed by atoms with van der Waals surface area (Å²) in [6, 6.07) is 7.99. The minimum atomic E-state index is -0.130. The zero-order valence-corrected chi connectivity index (χ0v) is 16.7. The first-order valence-electron chi connectivity index (χ1n) is 8.54. The Kier molecular flexibility index (Phi) is 5.98. The van der Waals surface area contributed by atoms with Crippen molar-refractivity contribution in [2.45, 2.75) is 4.90 Å². The van der Waals surface area contributed by atoms with Gasteiger partial charge in [-0.05, 0) is 24.5 Å². The van der Waals surface area contributed by atoms with Gasteiger partial charge < -0.3 is 19.9 Å². The fourth-order valence-electron chi connectivity index (χ4n) is 2.83. The molecule has 1 aromatic carbocycles. The molecular formula is C19H23N5O2S. The molecule has 3 aromatic rings. The zero-order chi connectivity index (χ0) is 19.4. The van der Waals surface area contributed by atoms with Gasteiger partial charge in [-0.1, -0.05) is 6.07 Å². The zero-order valence-electron chi connectivity index (χ0n) is 15.9. The maximum atomic E-state index is 12.6. The van der Waals surface area contributed by atoms with Crippen LogP contribution in [0.5, 0.6) is 0 Å². The van der Waals surface area contributed by atoms with E-state index in [2.05, 4.69) is 21.7 Å². The summed E-state index contributed by atoms with van der Waals surface area (Å²) in [5, 5.41) is 6.88. The molecule has 0 fully saturated rings. The van der Waals surface area contributed by atoms with Gasteiger partial charge in [0.15, 0.2) is 0 Å². The first-order chi connectivity index (χ1) is 13.1. The molecule has 0 saturated heterocycles. The SMILES string of the molecule is CNc1ccc(-c2cc3ncn(C)c(=O)c3c(NCCOC)n2)cc1SC. The Morgan fingerprint density at radius 2 is 2.11 bits per heavy atom. The number of rotatable bonds is 7. The molecule has 2 N–H and O–H groups in total. The van der Waals surface area contributed by atoms with Crippen LogP contribution >= 0.6 is 11.8 Å². The molecular weight excluding hydrogens is 362 g/mol. The van der Waals surface area contributed by atoms with Crippen molar-refractivity contribution in [2.75, 3.05) is 44.2 Å². The number of nitrogens with zero attached hydrogens (tertiary/aromatic N) is 3. The average Bonchev–Trinajstić information content (AvgIpc) is 2.70. The standard InChI is InChI=1S/C19H23N5O2S/c1-20-13-6-5-12(9-16(13)27-4)14-10-15-17(19(25)24(2)11-22-15)18(23-14)21-7-8-26-3/h5-6,9-11,20H,7-8H2,1-4H3,(H,21,23). The van der Waals surface area contributed by atoms with E-state index in [4.69, 9.17) is 9.72 Å². The monoisotopic (exact) mass is 385 g/mol. The average molecular weight is 385 g/mol. The van der Waals surface area contributed by atoms with Crippen LogP contribution in [0.25, 0.3) is 22.2 Å². The third kappa shape index (κ3) is 3.91. The summed E-state index contributed by atoms with van der Waals surface area (Å²) in [5.74, 6) is 0.525. The molecule has 0 bridgehead atoms. The molecule has 0 aliphatic heterocycles. The number of hydrogen-bond donors (Lipinski definition) is 2. The Bertz CT molecular complexity index is 1020. The number of anilines is 2. The topological polar surface area (TPSA) is 81.1 Å². The molecule has 0 atom stereocenters. The maximum Gasteiger partial charge on any atom is 0.264 e. The van der Waals surface area contributed by atoms with Crippen LogP contribution in [0.1, 0.15) is 0 Å². The van der Waals surface area contributed by atoms with E-state index in [0.717, 1.165) is 21.8 Å². The molecule has 0 amide bonds. The highest BCUT2D eigenvalue weighted by Gasteiger charge is 2.14. The lowest BCUT2D eigenvalue weighted by molar-refractivity contribution is 0.210. The molecule has 0 spiro atoms. The van der Waals surface area contributed by atoms with Crippen LogP contribution in [-0.4, -0.2) is 48.1 Å². The minimum Gasteiger partial charge on any atom is -0.387 e. The van der Waals surface area contributed by atoms with Crippen molar-refractivity contribution in [3.8, 4) is 11.3 Å². The highest BCUT2D eigenvalue weighted by Crippen LogP contribution is 2.32. The number of thioether (sulfide) groups is 1. The lowest BCUT2D eigenvalue weighted by atomic mass is 10.1. The molecule has 7 nitrogen and oxygen atoms in total. The van der Waals surface area contributed by atoms with Crippen molar-refractivity contribution < 1.29 is 4.74 Å². The van der Waals surface area contributed by atoms with Gasteiger partial charge in [0, 0.05) is 43.9 Å². The Balaban J connectivity index is 2.17. The first kappa shape index (κ1) is 19.2. The molecule has 0 aliphatic carbocycles. The number of ether oxygens (including phenoxy) is 1. The first-order valence-corrected chi connectivity index (χ1v) is 9.77. The van der Waals surface area contributed by atoms with E-state index in [1.54, 1.807) is 25.9 Å². The predicted octanol–water partition coefficient (Wildman–Crippen LogP) is 2.82. The molecule has 27 heavy (non-hydrogen) atoms. The number of hydrogen-bond acceptors (Lipinski definition) is 7. The Labute approximate surface area is 162 Å². The van der Waals surface area contributed by atoms with Gasteiger partial charge >= 0.3 is 0 Å². The number of pyridine rings is 1. The molecule has 2 heterocycles. The van der Waals surface area contributed by atoms with Gasteiger partial charge in [-0.3, -0.25) is 4.79 Å². The molecule has 0 saturated carbocycles. The van der Waals surface area contributed by atoms with Gasteiger partial charge in [0.25, 0.3) is 5.56 Å². The van der Waals surface area contributed by atoms with E-state index in [-0.39, 0.29) is 5.56 Å². The summed E-state index contributed by atoms with van der Waals surface area (Å²) in [6.45, 7) is 1.07. The van der Waals surface area contributed by atoms with E-state index in [1.807, 2.05) is 31.5 Å². The maximum absolute atomic E-state index is 12.6. The van der Waals surface area contributed by atoms with Gasteiger partial charge in [0.1, 0.15) is 11.2 Å². The summed E-state index contributed by atoms with van der Waals surface area (Å²) >= 11 is 1.67. The van der Waals surface area contributed by atoms with E-state index in [9.17, 15) is 4.79 Å². The number of aryl methyl sites for hydroxylation is 1. The molecule has 0 unspecified atom stereocenters. The Hall–Kier alpha value is -2.58. The highest BCUT2D eigenvalue weighted by molar-refractivity contribution is 7.98. The molecule has 0 aliphatic rings. The Morgan fingerprint density at radius 1 is 1.30 bits per heavy atom. The van der Waals surface area contributed by atoms with Crippen molar-refractivity contribution in [2.24, 2.45) is 7.05 Å². The molecule has 2 aromatic heterocycles. The minimum absolute atomic E-state index is 0.130. The van der Waals surface area contributed by atoms with Crippen LogP contribution in [0.15, 0.2) is 40.3 Å². The van der Waals surface area contributed by atoms with E-state index in [1.165, 1.54) is 10.9 Å². The lowest BCUT2D eigenvalue weighted by Gasteiger charge is -2.13. The van der Waals surface area contributed by atoms with Crippen LogP contribution in [0.4, 0.5) is 11.5 Å². The fourth-order valence-corrected chi connectivity index (χ4v) is 3.46. The van der Waals surface area contributed by atoms with E-state index in [0.29, 0.717) is 29.9 Å². The van der Waals surface area contributed by atoms with Crippen LogP contribution in [-0.2, 0) is 11.8 Å². The van der Waals surface area contributed by atoms with E-state index >= 15 is 0 Å². The van der Waals surface area contributed by atoms with Crippen LogP contribution in [0, 0.1) is 0 Å². The summed E-state index contributed by atoms with van der Waals surface area (Å²) < 4.78 is 6.56. The number of methoxy groups -OCH3 is 1. The number of nitrogens with one attached hydrogen (secondary N) is 2. The molecule has 0 radical (unpaired) electrons. The van der Waals surface area contributed by atoms with E-state index < -0.39 is 0 Å². The van der Waals surface area contributed by atoms with Crippen LogP contribution in [0.2, 0.25) is 0 Å². The number of fused-ring (bicyclic) bond motifs is 1. The Morgan fingerprint density at radius 3 is 2.81 bits per heavy atom. The third-order valence-electron chi connectivity index (χ3n) is 4.27. The molecule has 8 heteroatoms. The molecule has 142 valence electrons. The van der Waals surface area contributed by atoms with Crippen molar-refractivity contribution in [1.29, 1.82) is 0 Å². The quantitative estimate of drug-likeness (QED) is 0.478. The number of benzene rings is 1.